The molecule has 11 heteroatoms. The molecule has 33 heavy (non-hydrogen) atoms. The van der Waals surface area contributed by atoms with Gasteiger partial charge in [-0.25, -0.2) is 19.3 Å². The quantitative estimate of drug-likeness (QED) is 0.358. The fraction of sp³-hybridized carbons (Fsp3) is 0.318. The van der Waals surface area contributed by atoms with E-state index in [2.05, 4.69) is 20.7 Å². The van der Waals surface area contributed by atoms with E-state index in [1.165, 1.54) is 0 Å². The lowest BCUT2D eigenvalue weighted by molar-refractivity contribution is 0.0527. The largest absolute Gasteiger partial charge is 0.462 e. The number of rotatable bonds is 8. The molecule has 0 aliphatic carbocycles. The predicted octanol–water partition coefficient (Wildman–Crippen LogP) is 4.17. The monoisotopic (exact) mass is 487 g/mol. The average Bonchev–Trinajstić information content (AvgIpc) is 3.33. The third-order valence-corrected chi connectivity index (χ3v) is 6.06. The van der Waals surface area contributed by atoms with Crippen LogP contribution in [0.4, 0.5) is 10.9 Å². The van der Waals surface area contributed by atoms with Crippen molar-refractivity contribution in [3.63, 3.8) is 0 Å². The maximum absolute atomic E-state index is 12.5. The van der Waals surface area contributed by atoms with Gasteiger partial charge in [-0.15, -0.1) is 16.4 Å². The van der Waals surface area contributed by atoms with Gasteiger partial charge in [0.05, 0.1) is 25.3 Å². The summed E-state index contributed by atoms with van der Waals surface area (Å²) in [6.45, 7) is 8.14. The van der Waals surface area contributed by atoms with Gasteiger partial charge in [0.2, 0.25) is 5.95 Å². The van der Waals surface area contributed by atoms with Crippen LogP contribution in [-0.2, 0) is 16.0 Å². The number of anilines is 2. The standard InChI is InChI=1S/C22H25N5O4S2/c1-5-30-19(28)16-14(4)17(20(29)31-6-2)33-18(16)24-22(32)25-21-23-12-27(26-21)11-15-10-8-7-9-13(15)3/h7-10,12H,5-6,11H2,1-4H3,(H2,24,25,26,32). The van der Waals surface area contributed by atoms with Crippen LogP contribution in [0.25, 0.3) is 0 Å². The number of hydrogen-bond donors (Lipinski definition) is 2. The summed E-state index contributed by atoms with van der Waals surface area (Å²) in [6, 6.07) is 8.04. The van der Waals surface area contributed by atoms with Crippen molar-refractivity contribution < 1.29 is 19.1 Å². The van der Waals surface area contributed by atoms with Crippen molar-refractivity contribution in [3.05, 3.63) is 57.7 Å². The molecule has 174 valence electrons. The number of esters is 2. The second-order valence-corrected chi connectivity index (χ2v) is 8.40. The van der Waals surface area contributed by atoms with Crippen molar-refractivity contribution >= 4 is 51.6 Å². The Hall–Kier alpha value is -3.31. The topological polar surface area (TPSA) is 107 Å². The molecule has 0 amide bonds. The van der Waals surface area contributed by atoms with Crippen molar-refractivity contribution in [2.45, 2.75) is 34.2 Å². The van der Waals surface area contributed by atoms with Gasteiger partial charge < -0.3 is 14.8 Å². The first kappa shape index (κ1) is 24.3. The summed E-state index contributed by atoms with van der Waals surface area (Å²) in [5.41, 5.74) is 3.01. The first-order chi connectivity index (χ1) is 15.8. The first-order valence-electron chi connectivity index (χ1n) is 10.3. The fourth-order valence-corrected chi connectivity index (χ4v) is 4.42. The van der Waals surface area contributed by atoms with E-state index in [9.17, 15) is 9.59 Å². The number of benzene rings is 1. The van der Waals surface area contributed by atoms with Crippen LogP contribution in [0.5, 0.6) is 0 Å². The predicted molar refractivity (Wildman–Crippen MR) is 131 cm³/mol. The molecule has 2 aromatic heterocycles. The number of ether oxygens (including phenoxy) is 2. The number of aryl methyl sites for hydroxylation is 1. The van der Waals surface area contributed by atoms with E-state index in [-0.39, 0.29) is 23.9 Å². The highest BCUT2D eigenvalue weighted by molar-refractivity contribution is 7.80. The Balaban J connectivity index is 1.75. The third-order valence-electron chi connectivity index (χ3n) is 4.67. The van der Waals surface area contributed by atoms with Crippen LogP contribution in [0.15, 0.2) is 30.6 Å². The molecule has 9 nitrogen and oxygen atoms in total. The second kappa shape index (κ2) is 11.0. The Labute approximate surface area is 201 Å². The SMILES string of the molecule is CCOC(=O)c1sc(NC(=S)Nc2ncn(Cc3ccccc3C)n2)c(C(=O)OCC)c1C. The van der Waals surface area contributed by atoms with E-state index in [1.807, 2.05) is 31.2 Å². The molecule has 2 heterocycles. The molecule has 0 aliphatic rings. The molecule has 0 fully saturated rings. The van der Waals surface area contributed by atoms with E-state index in [0.717, 1.165) is 22.5 Å². The van der Waals surface area contributed by atoms with E-state index in [0.29, 0.717) is 27.9 Å². The van der Waals surface area contributed by atoms with Crippen LogP contribution in [0.3, 0.4) is 0 Å². The highest BCUT2D eigenvalue weighted by Crippen LogP contribution is 2.34. The summed E-state index contributed by atoms with van der Waals surface area (Å²) in [5.74, 6) is -0.750. The molecule has 3 aromatic rings. The first-order valence-corrected chi connectivity index (χ1v) is 11.6. The van der Waals surface area contributed by atoms with Gasteiger partial charge in [0.15, 0.2) is 5.11 Å². The minimum absolute atomic E-state index is 0.172. The Kier molecular flexibility index (Phi) is 8.12. The summed E-state index contributed by atoms with van der Waals surface area (Å²) in [6.07, 6.45) is 1.61. The zero-order chi connectivity index (χ0) is 24.0. The van der Waals surface area contributed by atoms with Crippen LogP contribution in [0.2, 0.25) is 0 Å². The zero-order valence-electron chi connectivity index (χ0n) is 18.8. The summed E-state index contributed by atoms with van der Waals surface area (Å²) in [4.78, 5) is 29.4. The molecule has 0 saturated heterocycles. The minimum Gasteiger partial charge on any atom is -0.462 e. The number of thiocarbonyl (C=S) groups is 1. The van der Waals surface area contributed by atoms with E-state index < -0.39 is 11.9 Å². The van der Waals surface area contributed by atoms with Crippen molar-refractivity contribution in [1.29, 1.82) is 0 Å². The Morgan fingerprint density at radius 2 is 1.79 bits per heavy atom. The van der Waals surface area contributed by atoms with Crippen LogP contribution in [0, 0.1) is 13.8 Å². The molecule has 0 bridgehead atoms. The molecule has 2 N–H and O–H groups in total. The highest BCUT2D eigenvalue weighted by Gasteiger charge is 2.27. The van der Waals surface area contributed by atoms with Gasteiger partial charge in [0.1, 0.15) is 16.2 Å². The number of thiophene rings is 1. The van der Waals surface area contributed by atoms with Gasteiger partial charge in [-0.2, -0.15) is 0 Å². The van der Waals surface area contributed by atoms with E-state index in [4.69, 9.17) is 21.7 Å². The number of hydrogen-bond acceptors (Lipinski definition) is 8. The zero-order valence-corrected chi connectivity index (χ0v) is 20.4. The number of aromatic nitrogens is 3. The molecular weight excluding hydrogens is 462 g/mol. The van der Waals surface area contributed by atoms with Crippen LogP contribution in [-0.4, -0.2) is 45.0 Å². The maximum Gasteiger partial charge on any atom is 0.348 e. The lowest BCUT2D eigenvalue weighted by Gasteiger charge is -2.09. The molecular formula is C22H25N5O4S2. The summed E-state index contributed by atoms with van der Waals surface area (Å²) in [5, 5.41) is 10.8. The van der Waals surface area contributed by atoms with Gasteiger partial charge in [-0.3, -0.25) is 5.32 Å². The van der Waals surface area contributed by atoms with Crippen LogP contribution < -0.4 is 10.6 Å². The normalized spacial score (nSPS) is 10.5. The number of nitrogens with zero attached hydrogens (tertiary/aromatic N) is 3. The molecule has 0 saturated carbocycles. The van der Waals surface area contributed by atoms with E-state index >= 15 is 0 Å². The lowest BCUT2D eigenvalue weighted by Crippen LogP contribution is -2.21. The summed E-state index contributed by atoms with van der Waals surface area (Å²) >= 11 is 6.46. The number of carbonyl (C=O) groups is 2. The second-order valence-electron chi connectivity index (χ2n) is 6.97. The number of carbonyl (C=O) groups excluding carboxylic acids is 2. The molecule has 3 rings (SSSR count). The van der Waals surface area contributed by atoms with Crippen molar-refractivity contribution in [3.8, 4) is 0 Å². The third kappa shape index (κ3) is 5.93. The van der Waals surface area contributed by atoms with Crippen molar-refractivity contribution in [2.24, 2.45) is 0 Å². The smallest absolute Gasteiger partial charge is 0.348 e. The maximum atomic E-state index is 12.5. The summed E-state index contributed by atoms with van der Waals surface area (Å²) < 4.78 is 12.0. The highest BCUT2D eigenvalue weighted by atomic mass is 32.1. The van der Waals surface area contributed by atoms with Crippen LogP contribution >= 0.6 is 23.6 Å². The van der Waals surface area contributed by atoms with Gasteiger partial charge >= 0.3 is 11.9 Å². The molecule has 0 aliphatic heterocycles. The Morgan fingerprint density at radius 1 is 1.09 bits per heavy atom. The molecule has 0 atom stereocenters. The van der Waals surface area contributed by atoms with Gasteiger partial charge in [0, 0.05) is 0 Å². The number of nitrogens with one attached hydrogen (secondary N) is 2. The van der Waals surface area contributed by atoms with Gasteiger partial charge in [0.25, 0.3) is 0 Å². The Morgan fingerprint density at radius 3 is 2.48 bits per heavy atom. The average molecular weight is 488 g/mol. The van der Waals surface area contributed by atoms with Crippen molar-refractivity contribution in [2.75, 3.05) is 23.8 Å². The van der Waals surface area contributed by atoms with E-state index in [1.54, 1.807) is 31.8 Å². The Bertz CT molecular complexity index is 1170. The van der Waals surface area contributed by atoms with Gasteiger partial charge in [-0.1, -0.05) is 24.3 Å². The van der Waals surface area contributed by atoms with Crippen molar-refractivity contribution in [1.82, 2.24) is 14.8 Å². The lowest BCUT2D eigenvalue weighted by atomic mass is 10.1. The molecule has 0 unspecified atom stereocenters. The van der Waals surface area contributed by atoms with Gasteiger partial charge in [-0.05, 0) is 56.6 Å². The molecule has 0 spiro atoms. The molecule has 1 aromatic carbocycles. The van der Waals surface area contributed by atoms with Crippen LogP contribution in [0.1, 0.15) is 50.6 Å². The summed E-state index contributed by atoms with van der Waals surface area (Å²) in [7, 11) is 0. The molecule has 0 radical (unpaired) electrons. The minimum atomic E-state index is -0.548. The fourth-order valence-electron chi connectivity index (χ4n) is 3.07.